The van der Waals surface area contributed by atoms with Gasteiger partial charge in [-0.25, -0.2) is 0 Å². The zero-order chi connectivity index (χ0) is 25.0. The van der Waals surface area contributed by atoms with Gasteiger partial charge in [-0.05, 0) is 19.3 Å². The van der Waals surface area contributed by atoms with Crippen LogP contribution < -0.4 is 4.89 Å². The van der Waals surface area contributed by atoms with Crippen LogP contribution >= 0.6 is 7.82 Å². The van der Waals surface area contributed by atoms with Gasteiger partial charge in [-0.2, -0.15) is 0 Å². The Labute approximate surface area is 212 Å². The third kappa shape index (κ3) is 19.3. The number of hydrogen-bond donors (Lipinski definition) is 0. The predicted octanol–water partition coefficient (Wildman–Crippen LogP) is 8.16. The molecule has 1 fully saturated rings. The van der Waals surface area contributed by atoms with Crippen molar-refractivity contribution in [3.63, 3.8) is 0 Å². The van der Waals surface area contributed by atoms with Gasteiger partial charge in [0, 0.05) is 6.42 Å². The van der Waals surface area contributed by atoms with E-state index < -0.39 is 7.82 Å². The van der Waals surface area contributed by atoms with E-state index in [-0.39, 0.29) is 12.7 Å². The normalized spacial score (nSPS) is 20.2. The fourth-order valence-electron chi connectivity index (χ4n) is 5.00. The number of nitrogens with zero attached hydrogens (tertiary/aromatic N) is 1. The van der Waals surface area contributed by atoms with E-state index in [0.29, 0.717) is 0 Å². The monoisotopic (exact) mass is 503 g/mol. The maximum Gasteiger partial charge on any atom is 0.268 e. The molecule has 0 radical (unpaired) electrons. The molecule has 34 heavy (non-hydrogen) atoms. The maximum absolute atomic E-state index is 12.1. The Morgan fingerprint density at radius 1 is 0.706 bits per heavy atom. The van der Waals surface area contributed by atoms with Gasteiger partial charge in [0.25, 0.3) is 7.82 Å². The van der Waals surface area contributed by atoms with Crippen molar-refractivity contribution >= 4 is 7.82 Å². The molecule has 0 saturated carbocycles. The largest absolute Gasteiger partial charge is 0.756 e. The summed E-state index contributed by atoms with van der Waals surface area (Å²) in [5.41, 5.74) is 0. The predicted molar refractivity (Wildman–Crippen MR) is 143 cm³/mol. The molecule has 204 valence electrons. The first-order valence-electron chi connectivity index (χ1n) is 14.8. The molecule has 0 spiro atoms. The Morgan fingerprint density at radius 3 is 1.62 bits per heavy atom. The molecule has 0 N–H and O–H groups in total. The lowest BCUT2D eigenvalue weighted by Gasteiger charge is -2.29. The molecule has 6 heteroatoms. The Bertz CT molecular complexity index is 515. The molecule has 1 aliphatic heterocycles. The van der Waals surface area contributed by atoms with Crippen molar-refractivity contribution in [3.05, 3.63) is 0 Å². The SMILES string of the molecule is CCCCCCCCCCCCCCCCCCCCOP(=O)([O-])OC1CCC[N+](C)(C)CC1. The third-order valence-corrected chi connectivity index (χ3v) is 8.43. The van der Waals surface area contributed by atoms with Gasteiger partial charge in [0.05, 0.1) is 39.9 Å². The molecule has 2 unspecified atom stereocenters. The van der Waals surface area contributed by atoms with Crippen molar-refractivity contribution in [3.8, 4) is 0 Å². The number of rotatable bonds is 22. The molecule has 1 heterocycles. The zero-order valence-electron chi connectivity index (χ0n) is 23.1. The van der Waals surface area contributed by atoms with E-state index in [0.717, 1.165) is 49.7 Å². The summed E-state index contributed by atoms with van der Waals surface area (Å²) in [5, 5.41) is 0. The summed E-state index contributed by atoms with van der Waals surface area (Å²) in [7, 11) is 0.206. The van der Waals surface area contributed by atoms with Crippen molar-refractivity contribution < 1.29 is 23.0 Å². The minimum Gasteiger partial charge on any atom is -0.756 e. The number of likely N-dealkylation sites (tertiary alicyclic amines) is 1. The van der Waals surface area contributed by atoms with Gasteiger partial charge in [-0.1, -0.05) is 116 Å². The molecule has 0 aliphatic carbocycles. The molecule has 1 saturated heterocycles. The molecular formula is C28H58NO4P. The quantitative estimate of drug-likeness (QED) is 0.0849. The van der Waals surface area contributed by atoms with Crippen molar-refractivity contribution in [2.45, 2.75) is 148 Å². The van der Waals surface area contributed by atoms with Crippen LogP contribution in [0.1, 0.15) is 142 Å². The molecule has 1 rings (SSSR count). The average Bonchev–Trinajstić information content (AvgIpc) is 2.95. The summed E-state index contributed by atoms with van der Waals surface area (Å²) in [5.74, 6) is 0. The molecule has 0 amide bonds. The van der Waals surface area contributed by atoms with E-state index in [1.54, 1.807) is 0 Å². The number of phosphoric acid groups is 1. The van der Waals surface area contributed by atoms with E-state index in [2.05, 4.69) is 21.0 Å². The van der Waals surface area contributed by atoms with Crippen molar-refractivity contribution in [1.29, 1.82) is 0 Å². The van der Waals surface area contributed by atoms with Crippen molar-refractivity contribution in [2.75, 3.05) is 33.8 Å². The van der Waals surface area contributed by atoms with E-state index >= 15 is 0 Å². The van der Waals surface area contributed by atoms with Crippen LogP contribution in [0.25, 0.3) is 0 Å². The molecule has 5 nitrogen and oxygen atoms in total. The summed E-state index contributed by atoms with van der Waals surface area (Å²) in [6.07, 6.45) is 26.2. The van der Waals surface area contributed by atoms with E-state index in [9.17, 15) is 9.46 Å². The molecule has 0 bridgehead atoms. The first kappa shape index (κ1) is 32.1. The summed E-state index contributed by atoms with van der Waals surface area (Å²) in [6.45, 7) is 4.56. The standard InChI is InChI=1S/C28H58NO4P/c1-4-5-6-7-8-9-10-11-12-13-14-15-16-17-18-19-20-21-27-32-34(30,31)33-28-23-22-25-29(2,3)26-24-28/h28H,4-27H2,1-3H3. The van der Waals surface area contributed by atoms with Gasteiger partial charge in [0.15, 0.2) is 0 Å². The fraction of sp³-hybridized carbons (Fsp3) is 1.00. The summed E-state index contributed by atoms with van der Waals surface area (Å²) < 4.78 is 23.6. The van der Waals surface area contributed by atoms with Crippen molar-refractivity contribution in [1.82, 2.24) is 0 Å². The second kappa shape index (κ2) is 20.2. The highest BCUT2D eigenvalue weighted by Crippen LogP contribution is 2.42. The molecule has 0 aromatic rings. The minimum atomic E-state index is -4.17. The maximum atomic E-state index is 12.1. The number of phosphoric ester groups is 1. The van der Waals surface area contributed by atoms with Crippen LogP contribution in [0.15, 0.2) is 0 Å². The lowest BCUT2D eigenvalue weighted by molar-refractivity contribution is -0.889. The highest BCUT2D eigenvalue weighted by Gasteiger charge is 2.26. The minimum absolute atomic E-state index is 0.219. The Hall–Kier alpha value is 0.0700. The Morgan fingerprint density at radius 2 is 1.15 bits per heavy atom. The number of quaternary nitrogens is 1. The molecule has 2 atom stereocenters. The molecule has 1 aliphatic rings. The lowest BCUT2D eigenvalue weighted by Crippen LogP contribution is -2.40. The van der Waals surface area contributed by atoms with E-state index in [1.165, 1.54) is 103 Å². The van der Waals surface area contributed by atoms with Crippen LogP contribution in [0.4, 0.5) is 0 Å². The third-order valence-electron chi connectivity index (χ3n) is 7.37. The summed E-state index contributed by atoms with van der Waals surface area (Å²) in [6, 6.07) is 0. The second-order valence-corrected chi connectivity index (χ2v) is 12.7. The first-order chi connectivity index (χ1) is 16.3. The van der Waals surface area contributed by atoms with Gasteiger partial charge < -0.3 is 18.4 Å². The van der Waals surface area contributed by atoms with Crippen molar-refractivity contribution in [2.24, 2.45) is 0 Å². The number of hydrogen-bond acceptors (Lipinski definition) is 4. The number of unbranched alkanes of at least 4 members (excludes halogenated alkanes) is 17. The van der Waals surface area contributed by atoms with E-state index in [1.807, 2.05) is 0 Å². The van der Waals surface area contributed by atoms with Crippen LogP contribution in [0.5, 0.6) is 0 Å². The zero-order valence-corrected chi connectivity index (χ0v) is 24.0. The molecular weight excluding hydrogens is 445 g/mol. The van der Waals surface area contributed by atoms with Gasteiger partial charge >= 0.3 is 0 Å². The summed E-state index contributed by atoms with van der Waals surface area (Å²) >= 11 is 0. The van der Waals surface area contributed by atoms with Crippen LogP contribution in [0.3, 0.4) is 0 Å². The first-order valence-corrected chi connectivity index (χ1v) is 16.3. The van der Waals surface area contributed by atoms with Crippen LogP contribution in [-0.2, 0) is 13.6 Å². The second-order valence-electron chi connectivity index (χ2n) is 11.3. The summed E-state index contributed by atoms with van der Waals surface area (Å²) in [4.78, 5) is 12.1. The smallest absolute Gasteiger partial charge is 0.268 e. The highest BCUT2D eigenvalue weighted by molar-refractivity contribution is 7.45. The highest BCUT2D eigenvalue weighted by atomic mass is 31.2. The Balaban J connectivity index is 1.84. The van der Waals surface area contributed by atoms with Crippen LogP contribution in [0.2, 0.25) is 0 Å². The van der Waals surface area contributed by atoms with E-state index in [4.69, 9.17) is 9.05 Å². The van der Waals surface area contributed by atoms with Crippen LogP contribution in [0, 0.1) is 0 Å². The fourth-order valence-corrected chi connectivity index (χ4v) is 5.98. The van der Waals surface area contributed by atoms with Gasteiger partial charge in [0.1, 0.15) is 0 Å². The molecule has 0 aromatic heterocycles. The lowest BCUT2D eigenvalue weighted by atomic mass is 10.0. The van der Waals surface area contributed by atoms with Gasteiger partial charge in [0.2, 0.25) is 0 Å². The van der Waals surface area contributed by atoms with Gasteiger partial charge in [-0.15, -0.1) is 0 Å². The van der Waals surface area contributed by atoms with Gasteiger partial charge in [-0.3, -0.25) is 4.57 Å². The average molecular weight is 504 g/mol. The topological polar surface area (TPSA) is 58.6 Å². The Kier molecular flexibility index (Phi) is 19.0. The van der Waals surface area contributed by atoms with Crippen LogP contribution in [-0.4, -0.2) is 44.4 Å². The molecule has 0 aromatic carbocycles.